The maximum atomic E-state index is 12.6. The highest BCUT2D eigenvalue weighted by molar-refractivity contribution is 5.99. The minimum absolute atomic E-state index is 0.000912. The summed E-state index contributed by atoms with van der Waals surface area (Å²) in [6, 6.07) is 8.48. The number of carbonyl (C=O) groups is 2. The fourth-order valence-corrected chi connectivity index (χ4v) is 3.05. The van der Waals surface area contributed by atoms with Gasteiger partial charge in [0.25, 0.3) is 0 Å². The Hall–Kier alpha value is -1.84. The quantitative estimate of drug-likeness (QED) is 0.844. The number of anilines is 1. The van der Waals surface area contributed by atoms with Crippen molar-refractivity contribution in [1.82, 2.24) is 4.90 Å². The van der Waals surface area contributed by atoms with Crippen molar-refractivity contribution in [2.75, 3.05) is 11.4 Å². The molecule has 1 atom stereocenters. The number of para-hydroxylation sites is 1. The van der Waals surface area contributed by atoms with Crippen LogP contribution in [-0.2, 0) is 16.0 Å². The number of benzene rings is 1. The Morgan fingerprint density at radius 3 is 2.65 bits per heavy atom. The van der Waals surface area contributed by atoms with Crippen molar-refractivity contribution in [2.45, 2.75) is 45.2 Å². The molecule has 1 saturated carbocycles. The van der Waals surface area contributed by atoms with Crippen LogP contribution in [0.3, 0.4) is 0 Å². The Morgan fingerprint density at radius 1 is 1.30 bits per heavy atom. The third-order valence-electron chi connectivity index (χ3n) is 4.17. The largest absolute Gasteiger partial charge is 0.331 e. The third kappa shape index (κ3) is 2.30. The van der Waals surface area contributed by atoms with Gasteiger partial charge in [-0.25, -0.2) is 0 Å². The van der Waals surface area contributed by atoms with Crippen molar-refractivity contribution >= 4 is 17.5 Å². The van der Waals surface area contributed by atoms with Gasteiger partial charge in [0.05, 0.1) is 0 Å². The highest BCUT2D eigenvalue weighted by atomic mass is 16.2. The van der Waals surface area contributed by atoms with Crippen molar-refractivity contribution in [3.05, 3.63) is 29.8 Å². The molecule has 0 bridgehead atoms. The summed E-state index contributed by atoms with van der Waals surface area (Å²) in [5, 5.41) is 0. The molecule has 1 aliphatic heterocycles. The van der Waals surface area contributed by atoms with Gasteiger partial charge in [-0.1, -0.05) is 18.2 Å². The summed E-state index contributed by atoms with van der Waals surface area (Å²) in [5.74, 6) is 0.0329. The highest BCUT2D eigenvalue weighted by Gasteiger charge is 2.36. The average molecular weight is 272 g/mol. The third-order valence-corrected chi connectivity index (χ3v) is 4.17. The van der Waals surface area contributed by atoms with E-state index in [-0.39, 0.29) is 30.4 Å². The van der Waals surface area contributed by atoms with Crippen molar-refractivity contribution in [3.63, 3.8) is 0 Å². The first-order valence-corrected chi connectivity index (χ1v) is 7.25. The van der Waals surface area contributed by atoms with Crippen LogP contribution in [0.25, 0.3) is 0 Å². The molecule has 0 aromatic heterocycles. The van der Waals surface area contributed by atoms with E-state index in [0.717, 1.165) is 24.9 Å². The first kappa shape index (κ1) is 13.2. The number of nitrogens with zero attached hydrogens (tertiary/aromatic N) is 2. The lowest BCUT2D eigenvalue weighted by molar-refractivity contribution is -0.134. The number of amides is 2. The summed E-state index contributed by atoms with van der Waals surface area (Å²) in [7, 11) is 0. The van der Waals surface area contributed by atoms with Crippen LogP contribution in [-0.4, -0.2) is 35.3 Å². The molecule has 2 aliphatic rings. The molecule has 0 saturated heterocycles. The topological polar surface area (TPSA) is 40.6 Å². The average Bonchev–Trinajstić information content (AvgIpc) is 3.17. The first-order chi connectivity index (χ1) is 9.58. The fraction of sp³-hybridized carbons (Fsp3) is 0.500. The number of hydrogen-bond acceptors (Lipinski definition) is 2. The number of rotatable bonds is 3. The van der Waals surface area contributed by atoms with Gasteiger partial charge in [-0.3, -0.25) is 9.59 Å². The van der Waals surface area contributed by atoms with Gasteiger partial charge in [0.15, 0.2) is 0 Å². The molecule has 1 aliphatic carbocycles. The van der Waals surface area contributed by atoms with Gasteiger partial charge in [-0.15, -0.1) is 0 Å². The van der Waals surface area contributed by atoms with Gasteiger partial charge in [-0.2, -0.15) is 0 Å². The summed E-state index contributed by atoms with van der Waals surface area (Å²) >= 11 is 0. The molecule has 1 aromatic rings. The summed E-state index contributed by atoms with van der Waals surface area (Å²) < 4.78 is 0. The zero-order chi connectivity index (χ0) is 14.3. The second-order valence-corrected chi connectivity index (χ2v) is 5.82. The lowest BCUT2D eigenvalue weighted by atomic mass is 10.1. The maximum Gasteiger partial charge on any atom is 0.246 e. The van der Waals surface area contributed by atoms with Crippen LogP contribution in [0, 0.1) is 0 Å². The van der Waals surface area contributed by atoms with Crippen LogP contribution >= 0.6 is 0 Å². The molecule has 1 fully saturated rings. The van der Waals surface area contributed by atoms with E-state index in [9.17, 15) is 9.59 Å². The molecule has 3 rings (SSSR count). The number of hydrogen-bond donors (Lipinski definition) is 0. The fourth-order valence-electron chi connectivity index (χ4n) is 3.05. The molecule has 4 heteroatoms. The molecule has 4 nitrogen and oxygen atoms in total. The van der Waals surface area contributed by atoms with E-state index >= 15 is 0 Å². The van der Waals surface area contributed by atoms with Crippen molar-refractivity contribution in [2.24, 2.45) is 0 Å². The summed E-state index contributed by atoms with van der Waals surface area (Å²) in [6.07, 6.45) is 2.95. The van der Waals surface area contributed by atoms with Crippen LogP contribution in [0.15, 0.2) is 24.3 Å². The summed E-state index contributed by atoms with van der Waals surface area (Å²) in [4.78, 5) is 27.8. The molecule has 2 amide bonds. The molecule has 20 heavy (non-hydrogen) atoms. The van der Waals surface area contributed by atoms with Gasteiger partial charge in [0.1, 0.15) is 6.54 Å². The van der Waals surface area contributed by atoms with Crippen LogP contribution in [0.2, 0.25) is 0 Å². The zero-order valence-electron chi connectivity index (χ0n) is 12.0. The molecular weight excluding hydrogens is 252 g/mol. The van der Waals surface area contributed by atoms with Gasteiger partial charge in [-0.05, 0) is 37.8 Å². The second kappa shape index (κ2) is 4.93. The van der Waals surface area contributed by atoms with Crippen LogP contribution < -0.4 is 4.90 Å². The van der Waals surface area contributed by atoms with Crippen molar-refractivity contribution in [1.29, 1.82) is 0 Å². The van der Waals surface area contributed by atoms with E-state index in [1.165, 1.54) is 5.56 Å². The highest BCUT2D eigenvalue weighted by Crippen LogP contribution is 2.33. The van der Waals surface area contributed by atoms with Gasteiger partial charge in [0, 0.05) is 24.7 Å². The minimum Gasteiger partial charge on any atom is -0.331 e. The van der Waals surface area contributed by atoms with Crippen LogP contribution in [0.1, 0.15) is 32.3 Å². The van der Waals surface area contributed by atoms with Gasteiger partial charge >= 0.3 is 0 Å². The molecule has 106 valence electrons. The Morgan fingerprint density at radius 2 is 2.00 bits per heavy atom. The Labute approximate surface area is 119 Å². The van der Waals surface area contributed by atoms with E-state index in [4.69, 9.17) is 0 Å². The van der Waals surface area contributed by atoms with E-state index in [1.54, 1.807) is 11.8 Å². The molecule has 1 heterocycles. The number of fused-ring (bicyclic) bond motifs is 1. The first-order valence-electron chi connectivity index (χ1n) is 7.25. The summed E-state index contributed by atoms with van der Waals surface area (Å²) in [6.45, 7) is 3.82. The van der Waals surface area contributed by atoms with Crippen molar-refractivity contribution < 1.29 is 9.59 Å². The lowest BCUT2D eigenvalue weighted by Gasteiger charge is -2.27. The molecule has 1 unspecified atom stereocenters. The smallest absolute Gasteiger partial charge is 0.246 e. The van der Waals surface area contributed by atoms with E-state index in [2.05, 4.69) is 13.0 Å². The molecule has 0 spiro atoms. The SMILES string of the molecule is CC(=O)N(CC(=O)N1c2ccccc2CC1C)C1CC1. The summed E-state index contributed by atoms with van der Waals surface area (Å²) in [5.41, 5.74) is 2.22. The van der Waals surface area contributed by atoms with Crippen LogP contribution in [0.5, 0.6) is 0 Å². The Bertz CT molecular complexity index is 551. The molecule has 1 aromatic carbocycles. The van der Waals surface area contributed by atoms with Crippen molar-refractivity contribution in [3.8, 4) is 0 Å². The van der Waals surface area contributed by atoms with E-state index in [0.29, 0.717) is 0 Å². The predicted octanol–water partition coefficient (Wildman–Crippen LogP) is 1.98. The van der Waals surface area contributed by atoms with Gasteiger partial charge in [0.2, 0.25) is 11.8 Å². The van der Waals surface area contributed by atoms with E-state index in [1.807, 2.05) is 23.1 Å². The Balaban J connectivity index is 1.78. The minimum atomic E-state index is 0.000912. The Kier molecular flexibility index (Phi) is 3.24. The maximum absolute atomic E-state index is 12.6. The molecule has 0 N–H and O–H groups in total. The standard InChI is InChI=1S/C16H20N2O2/c1-11-9-13-5-3-4-6-15(13)18(11)16(20)10-17(12(2)19)14-7-8-14/h3-6,11,14H,7-10H2,1-2H3. The number of carbonyl (C=O) groups excluding carboxylic acids is 2. The molecular formula is C16H20N2O2. The van der Waals surface area contributed by atoms with E-state index < -0.39 is 0 Å². The predicted molar refractivity (Wildman–Crippen MR) is 77.5 cm³/mol. The lowest BCUT2D eigenvalue weighted by Crippen LogP contribution is -2.45. The molecule has 0 radical (unpaired) electrons. The van der Waals surface area contributed by atoms with Crippen LogP contribution in [0.4, 0.5) is 5.69 Å². The van der Waals surface area contributed by atoms with Gasteiger partial charge < -0.3 is 9.80 Å². The zero-order valence-corrected chi connectivity index (χ0v) is 12.0. The normalized spacial score (nSPS) is 20.7. The second-order valence-electron chi connectivity index (χ2n) is 5.82. The monoisotopic (exact) mass is 272 g/mol.